The molecular weight excluding hydrogens is 334 g/mol. The van der Waals surface area contributed by atoms with Gasteiger partial charge in [-0.05, 0) is 31.7 Å². The third-order valence-corrected chi connectivity index (χ3v) is 5.16. The Kier molecular flexibility index (Phi) is 5.63. The summed E-state index contributed by atoms with van der Waals surface area (Å²) in [5.74, 6) is 0.686. The van der Waals surface area contributed by atoms with Crippen molar-refractivity contribution < 1.29 is 4.79 Å². The van der Waals surface area contributed by atoms with Crippen LogP contribution in [0, 0.1) is 6.92 Å². The van der Waals surface area contributed by atoms with Crippen LogP contribution in [-0.4, -0.2) is 33.9 Å². The minimum atomic E-state index is -0.227. The van der Waals surface area contributed by atoms with Crippen molar-refractivity contribution in [2.24, 2.45) is 0 Å². The molecule has 2 aromatic rings. The SMILES string of the molecule is Cc1csc(NC(=O)c2cc(C(C)C)nc(N3CCCCCC3)n2)n1. The van der Waals surface area contributed by atoms with Crippen LogP contribution in [0.2, 0.25) is 0 Å². The largest absolute Gasteiger partial charge is 0.341 e. The molecule has 0 saturated carbocycles. The summed E-state index contributed by atoms with van der Waals surface area (Å²) in [5.41, 5.74) is 2.21. The maximum atomic E-state index is 12.6. The van der Waals surface area contributed by atoms with E-state index >= 15 is 0 Å². The first-order valence-corrected chi connectivity index (χ1v) is 9.78. The quantitative estimate of drug-likeness (QED) is 0.893. The summed E-state index contributed by atoms with van der Waals surface area (Å²) < 4.78 is 0. The van der Waals surface area contributed by atoms with Gasteiger partial charge in [-0.3, -0.25) is 10.1 Å². The third kappa shape index (κ3) is 4.54. The molecule has 0 spiro atoms. The standard InChI is InChI=1S/C18H25N5OS/c1-12(2)14-10-15(16(24)22-18-19-13(3)11-25-18)21-17(20-14)23-8-6-4-5-7-9-23/h10-12H,4-9H2,1-3H3,(H,19,22,24). The molecule has 6 nitrogen and oxygen atoms in total. The molecule has 0 unspecified atom stereocenters. The normalized spacial score (nSPS) is 15.3. The lowest BCUT2D eigenvalue weighted by Crippen LogP contribution is -2.28. The number of carbonyl (C=O) groups is 1. The molecule has 0 atom stereocenters. The number of carbonyl (C=O) groups excluding carboxylic acids is 1. The average Bonchev–Trinajstić information content (AvgIpc) is 2.85. The molecule has 0 aliphatic carbocycles. The predicted octanol–water partition coefficient (Wildman–Crippen LogP) is 4.00. The minimum absolute atomic E-state index is 0.227. The molecule has 3 heterocycles. The van der Waals surface area contributed by atoms with Gasteiger partial charge in [0.2, 0.25) is 5.95 Å². The second-order valence-corrected chi connectivity index (χ2v) is 7.64. The second kappa shape index (κ2) is 7.91. The molecule has 3 rings (SSSR count). The van der Waals surface area contributed by atoms with Crippen LogP contribution in [0.5, 0.6) is 0 Å². The van der Waals surface area contributed by atoms with Crippen LogP contribution >= 0.6 is 11.3 Å². The van der Waals surface area contributed by atoms with Crippen molar-refractivity contribution in [3.05, 3.63) is 28.5 Å². The maximum absolute atomic E-state index is 12.6. The Bertz CT molecular complexity index is 735. The Labute approximate surface area is 152 Å². The van der Waals surface area contributed by atoms with E-state index in [1.54, 1.807) is 6.07 Å². The third-order valence-electron chi connectivity index (χ3n) is 4.29. The molecule has 1 fully saturated rings. The molecule has 7 heteroatoms. The number of nitrogens with zero attached hydrogens (tertiary/aromatic N) is 4. The zero-order chi connectivity index (χ0) is 17.8. The molecule has 1 N–H and O–H groups in total. The highest BCUT2D eigenvalue weighted by molar-refractivity contribution is 7.13. The molecule has 0 bridgehead atoms. The fraction of sp³-hybridized carbons (Fsp3) is 0.556. The van der Waals surface area contributed by atoms with Crippen LogP contribution in [-0.2, 0) is 0 Å². The lowest BCUT2D eigenvalue weighted by molar-refractivity contribution is 0.102. The first-order valence-electron chi connectivity index (χ1n) is 8.90. The maximum Gasteiger partial charge on any atom is 0.276 e. The molecule has 0 aromatic carbocycles. The monoisotopic (exact) mass is 359 g/mol. The van der Waals surface area contributed by atoms with Crippen LogP contribution in [0.25, 0.3) is 0 Å². The predicted molar refractivity (Wildman–Crippen MR) is 102 cm³/mol. The van der Waals surface area contributed by atoms with Gasteiger partial charge in [0.1, 0.15) is 5.69 Å². The van der Waals surface area contributed by atoms with Crippen molar-refractivity contribution in [1.29, 1.82) is 0 Å². The zero-order valence-corrected chi connectivity index (χ0v) is 15.9. The molecule has 1 saturated heterocycles. The number of thiazole rings is 1. The van der Waals surface area contributed by atoms with Crippen molar-refractivity contribution in [1.82, 2.24) is 15.0 Å². The summed E-state index contributed by atoms with van der Waals surface area (Å²) in [4.78, 5) is 28.4. The Morgan fingerprint density at radius 2 is 1.88 bits per heavy atom. The highest BCUT2D eigenvalue weighted by atomic mass is 32.1. The van der Waals surface area contributed by atoms with Crippen molar-refractivity contribution in [2.45, 2.75) is 52.4 Å². The van der Waals surface area contributed by atoms with E-state index in [-0.39, 0.29) is 11.8 Å². The first-order chi connectivity index (χ1) is 12.0. The summed E-state index contributed by atoms with van der Waals surface area (Å²) in [5, 5.41) is 5.36. The summed E-state index contributed by atoms with van der Waals surface area (Å²) in [6.45, 7) is 7.98. The number of amides is 1. The lowest BCUT2D eigenvalue weighted by Gasteiger charge is -2.22. The van der Waals surface area contributed by atoms with Crippen molar-refractivity contribution in [3.63, 3.8) is 0 Å². The van der Waals surface area contributed by atoms with E-state index in [4.69, 9.17) is 4.98 Å². The highest BCUT2D eigenvalue weighted by Gasteiger charge is 2.19. The first kappa shape index (κ1) is 17.8. The summed E-state index contributed by atoms with van der Waals surface area (Å²) in [7, 11) is 0. The van der Waals surface area contributed by atoms with E-state index in [0.29, 0.717) is 16.8 Å². The Hall–Kier alpha value is -2.02. The lowest BCUT2D eigenvalue weighted by atomic mass is 10.1. The van der Waals surface area contributed by atoms with Crippen LogP contribution in [0.3, 0.4) is 0 Å². The topological polar surface area (TPSA) is 71.0 Å². The fourth-order valence-electron chi connectivity index (χ4n) is 2.85. The summed E-state index contributed by atoms with van der Waals surface area (Å²) in [6, 6.07) is 1.79. The molecule has 1 aliphatic rings. The van der Waals surface area contributed by atoms with Crippen molar-refractivity contribution >= 4 is 28.3 Å². The second-order valence-electron chi connectivity index (χ2n) is 6.78. The van der Waals surface area contributed by atoms with Gasteiger partial charge >= 0.3 is 0 Å². The van der Waals surface area contributed by atoms with Gasteiger partial charge in [0.05, 0.1) is 5.69 Å². The Morgan fingerprint density at radius 3 is 2.48 bits per heavy atom. The smallest absolute Gasteiger partial charge is 0.276 e. The van der Waals surface area contributed by atoms with E-state index in [1.165, 1.54) is 24.2 Å². The number of nitrogens with one attached hydrogen (secondary N) is 1. The van der Waals surface area contributed by atoms with Gasteiger partial charge in [-0.1, -0.05) is 26.7 Å². The van der Waals surface area contributed by atoms with Gasteiger partial charge in [-0.25, -0.2) is 15.0 Å². The van der Waals surface area contributed by atoms with Gasteiger partial charge in [0.25, 0.3) is 5.91 Å². The highest BCUT2D eigenvalue weighted by Crippen LogP contribution is 2.21. The molecular formula is C18H25N5OS. The van der Waals surface area contributed by atoms with E-state index in [1.807, 2.05) is 12.3 Å². The number of anilines is 2. The van der Waals surface area contributed by atoms with Crippen LogP contribution in [0.1, 0.15) is 67.3 Å². The van der Waals surface area contributed by atoms with Crippen LogP contribution in [0.15, 0.2) is 11.4 Å². The van der Waals surface area contributed by atoms with Crippen LogP contribution < -0.4 is 10.2 Å². The van der Waals surface area contributed by atoms with E-state index in [0.717, 1.165) is 37.3 Å². The Morgan fingerprint density at radius 1 is 1.16 bits per heavy atom. The van der Waals surface area contributed by atoms with Crippen molar-refractivity contribution in [3.8, 4) is 0 Å². The fourth-order valence-corrected chi connectivity index (χ4v) is 3.53. The van der Waals surface area contributed by atoms with E-state index in [2.05, 4.69) is 34.0 Å². The molecule has 25 heavy (non-hydrogen) atoms. The number of hydrogen-bond donors (Lipinski definition) is 1. The molecule has 0 radical (unpaired) electrons. The van der Waals surface area contributed by atoms with Crippen LogP contribution in [0.4, 0.5) is 11.1 Å². The molecule has 2 aromatic heterocycles. The minimum Gasteiger partial charge on any atom is -0.341 e. The number of aryl methyl sites for hydroxylation is 1. The number of rotatable bonds is 4. The van der Waals surface area contributed by atoms with E-state index in [9.17, 15) is 4.79 Å². The van der Waals surface area contributed by atoms with Gasteiger partial charge in [-0.15, -0.1) is 11.3 Å². The van der Waals surface area contributed by atoms with Gasteiger partial charge in [0, 0.05) is 24.2 Å². The molecule has 1 amide bonds. The average molecular weight is 359 g/mol. The van der Waals surface area contributed by atoms with Gasteiger partial charge in [0.15, 0.2) is 5.13 Å². The Balaban J connectivity index is 1.87. The molecule has 134 valence electrons. The van der Waals surface area contributed by atoms with Gasteiger partial charge in [-0.2, -0.15) is 0 Å². The summed E-state index contributed by atoms with van der Waals surface area (Å²) >= 11 is 1.42. The number of hydrogen-bond acceptors (Lipinski definition) is 6. The number of aromatic nitrogens is 3. The summed E-state index contributed by atoms with van der Waals surface area (Å²) in [6.07, 6.45) is 4.79. The zero-order valence-electron chi connectivity index (χ0n) is 15.1. The van der Waals surface area contributed by atoms with E-state index < -0.39 is 0 Å². The molecule has 1 aliphatic heterocycles. The van der Waals surface area contributed by atoms with Crippen molar-refractivity contribution in [2.75, 3.05) is 23.3 Å². The van der Waals surface area contributed by atoms with Gasteiger partial charge < -0.3 is 4.90 Å².